The van der Waals surface area contributed by atoms with Gasteiger partial charge >= 0.3 is 22.3 Å². The third-order valence-corrected chi connectivity index (χ3v) is 8.12. The average molecular weight is 735 g/mol. The van der Waals surface area contributed by atoms with Gasteiger partial charge in [0.25, 0.3) is 11.8 Å². The molecule has 3 aromatic carbocycles. The second-order valence-corrected chi connectivity index (χ2v) is 11.9. The Balaban J connectivity index is 1.75. The summed E-state index contributed by atoms with van der Waals surface area (Å²) in [6, 6.07) is 9.44. The van der Waals surface area contributed by atoms with Crippen molar-refractivity contribution >= 4 is 73.9 Å². The van der Waals surface area contributed by atoms with Gasteiger partial charge < -0.3 is 8.92 Å². The van der Waals surface area contributed by atoms with E-state index in [2.05, 4.69) is 0 Å². The average Bonchev–Trinajstić information content (AvgIpc) is 2.89. The summed E-state index contributed by atoms with van der Waals surface area (Å²) in [7, 11) is -4.27. The minimum atomic E-state index is -4.80. The van der Waals surface area contributed by atoms with E-state index in [-0.39, 0.29) is 37.2 Å². The van der Waals surface area contributed by atoms with Crippen LogP contribution in [0.2, 0.25) is 5.02 Å². The summed E-state index contributed by atoms with van der Waals surface area (Å²) in [5, 5.41) is 1.57. The summed E-state index contributed by atoms with van der Waals surface area (Å²) in [6.45, 7) is 3.52. The van der Waals surface area contributed by atoms with Gasteiger partial charge in [0, 0.05) is 0 Å². The first-order valence-corrected chi connectivity index (χ1v) is 14.7. The number of hydrogen-bond acceptors (Lipinski definition) is 7. The number of nitrogens with zero attached hydrogens (tertiary/aromatic N) is 1. The van der Waals surface area contributed by atoms with Gasteiger partial charge in [-0.1, -0.05) is 29.3 Å². The molecule has 0 aromatic heterocycles. The Morgan fingerprint density at radius 2 is 1.71 bits per heavy atom. The van der Waals surface area contributed by atoms with Crippen LogP contribution in [-0.2, 0) is 25.9 Å². The van der Waals surface area contributed by atoms with Crippen molar-refractivity contribution in [2.24, 2.45) is 0 Å². The van der Waals surface area contributed by atoms with Gasteiger partial charge in [0.2, 0.25) is 0 Å². The highest BCUT2D eigenvalue weighted by atomic mass is 127. The zero-order chi connectivity index (χ0) is 31.0. The zero-order valence-corrected chi connectivity index (χ0v) is 25.3. The van der Waals surface area contributed by atoms with Gasteiger partial charge in [-0.2, -0.15) is 21.6 Å². The van der Waals surface area contributed by atoms with Crippen molar-refractivity contribution < 1.29 is 44.9 Å². The summed E-state index contributed by atoms with van der Waals surface area (Å²) in [5.74, 6) is -2.53. The number of anilines is 1. The van der Waals surface area contributed by atoms with Crippen molar-refractivity contribution in [3.8, 4) is 11.5 Å². The number of aryl methyl sites for hydroxylation is 1. The second-order valence-electron chi connectivity index (χ2n) is 8.74. The van der Waals surface area contributed by atoms with Crippen molar-refractivity contribution in [1.29, 1.82) is 0 Å². The first kappa shape index (κ1) is 31.3. The fourth-order valence-corrected chi connectivity index (χ4v) is 5.83. The number of barbiturate groups is 1. The van der Waals surface area contributed by atoms with E-state index in [1.807, 2.05) is 5.32 Å². The number of amides is 4. The van der Waals surface area contributed by atoms with Gasteiger partial charge in [0.15, 0.2) is 11.5 Å². The lowest BCUT2D eigenvalue weighted by Crippen LogP contribution is -2.54. The molecule has 0 bridgehead atoms. The number of rotatable bonds is 7. The molecule has 3 aromatic rings. The van der Waals surface area contributed by atoms with Crippen molar-refractivity contribution in [1.82, 2.24) is 5.32 Å². The molecule has 0 spiro atoms. The number of carbonyl (C=O) groups excluding carboxylic acids is 3. The van der Waals surface area contributed by atoms with Crippen molar-refractivity contribution in [2.75, 3.05) is 11.5 Å². The van der Waals surface area contributed by atoms with Gasteiger partial charge in [-0.25, -0.2) is 9.69 Å². The number of imide groups is 2. The summed E-state index contributed by atoms with van der Waals surface area (Å²) >= 11 is 7.81. The molecule has 0 saturated carbocycles. The summed E-state index contributed by atoms with van der Waals surface area (Å²) in [5.41, 5.74) is -1.36. The summed E-state index contributed by atoms with van der Waals surface area (Å²) in [6.07, 6.45) is -3.73. The van der Waals surface area contributed by atoms with E-state index in [1.54, 1.807) is 48.6 Å². The maximum Gasteiger partial charge on any atom is 0.416 e. The standard InChI is InChI=1S/C27H19ClF3IN2O7S/c1-3-40-22-12-15(11-20(32)23(22)41-42(38,39)17-7-4-14(2)5-8-17)10-18-24(35)33-26(37)34(25(18)36)21-13-16(27(29,30)31)6-9-19(21)28/h4-13H,3H2,1-2H3,(H,33,35,37)/b18-10-. The Kier molecular flexibility index (Phi) is 8.89. The van der Waals surface area contributed by atoms with Gasteiger partial charge in [0.1, 0.15) is 10.5 Å². The van der Waals surface area contributed by atoms with Gasteiger partial charge in [-0.15, -0.1) is 0 Å². The van der Waals surface area contributed by atoms with Crippen molar-refractivity contribution in [3.63, 3.8) is 0 Å². The van der Waals surface area contributed by atoms with E-state index in [4.69, 9.17) is 20.5 Å². The molecule has 0 atom stereocenters. The predicted octanol–water partition coefficient (Wildman–Crippen LogP) is 6.10. The molecule has 9 nitrogen and oxygen atoms in total. The number of benzene rings is 3. The predicted molar refractivity (Wildman–Crippen MR) is 155 cm³/mol. The second kappa shape index (κ2) is 11.9. The van der Waals surface area contributed by atoms with Crippen molar-refractivity contribution in [3.05, 3.63) is 85.5 Å². The fourth-order valence-electron chi connectivity index (χ4n) is 3.78. The van der Waals surface area contributed by atoms with Crippen LogP contribution in [0.5, 0.6) is 11.5 Å². The number of nitrogens with one attached hydrogen (secondary N) is 1. The smallest absolute Gasteiger partial charge is 0.416 e. The quantitative estimate of drug-likeness (QED) is 0.135. The molecule has 1 saturated heterocycles. The topological polar surface area (TPSA) is 119 Å². The number of hydrogen-bond donors (Lipinski definition) is 1. The normalized spacial score (nSPS) is 15.2. The lowest BCUT2D eigenvalue weighted by Gasteiger charge is -2.27. The number of alkyl halides is 3. The molecular formula is C27H19ClF3IN2O7S. The van der Waals surface area contributed by atoms with Gasteiger partial charge in [0.05, 0.1) is 26.5 Å². The van der Waals surface area contributed by atoms with Crippen LogP contribution in [0.3, 0.4) is 0 Å². The lowest BCUT2D eigenvalue weighted by molar-refractivity contribution is -0.137. The van der Waals surface area contributed by atoms with E-state index in [0.29, 0.717) is 17.0 Å². The molecule has 1 N–H and O–H groups in total. The molecule has 4 rings (SSSR count). The minimum Gasteiger partial charge on any atom is -0.490 e. The first-order valence-electron chi connectivity index (χ1n) is 11.9. The van der Waals surface area contributed by atoms with Crippen LogP contribution >= 0.6 is 34.2 Å². The highest BCUT2D eigenvalue weighted by molar-refractivity contribution is 14.1. The summed E-state index contributed by atoms with van der Waals surface area (Å²) < 4.78 is 76.9. The SMILES string of the molecule is CCOc1cc(/C=C2/C(=O)NC(=O)N(c3cc(C(F)(F)F)ccc3Cl)C2=O)cc(I)c1OS(=O)(=O)c1ccc(C)cc1. The van der Waals surface area contributed by atoms with Crippen LogP contribution in [-0.4, -0.2) is 32.9 Å². The first-order chi connectivity index (χ1) is 19.6. The number of halogens is 5. The summed E-state index contributed by atoms with van der Waals surface area (Å²) in [4.78, 5) is 38.7. The Hall–Kier alpha value is -3.63. The van der Waals surface area contributed by atoms with E-state index in [0.717, 1.165) is 17.7 Å². The molecule has 0 unspecified atom stereocenters. The third kappa shape index (κ3) is 6.55. The maximum atomic E-state index is 13.3. The van der Waals surface area contributed by atoms with Crippen LogP contribution in [0.1, 0.15) is 23.6 Å². The molecule has 220 valence electrons. The lowest BCUT2D eigenvalue weighted by atomic mass is 10.1. The molecular weight excluding hydrogens is 716 g/mol. The number of urea groups is 1. The maximum absolute atomic E-state index is 13.3. The largest absolute Gasteiger partial charge is 0.490 e. The van der Waals surface area contributed by atoms with Gasteiger partial charge in [-0.3, -0.25) is 14.9 Å². The minimum absolute atomic E-state index is 0.0375. The number of carbonyl (C=O) groups is 3. The third-order valence-electron chi connectivity index (χ3n) is 5.76. The molecule has 4 amide bonds. The molecule has 42 heavy (non-hydrogen) atoms. The fraction of sp³-hybridized carbons (Fsp3) is 0.148. The van der Waals surface area contributed by atoms with Crippen LogP contribution in [0, 0.1) is 10.5 Å². The Morgan fingerprint density at radius 1 is 1.05 bits per heavy atom. The Labute approximate surface area is 256 Å². The number of ether oxygens (including phenoxy) is 1. The monoisotopic (exact) mass is 734 g/mol. The van der Waals surface area contributed by atoms with E-state index >= 15 is 0 Å². The van der Waals surface area contributed by atoms with Crippen LogP contribution < -0.4 is 19.1 Å². The van der Waals surface area contributed by atoms with E-state index in [1.165, 1.54) is 24.3 Å². The van der Waals surface area contributed by atoms with E-state index in [9.17, 15) is 36.0 Å². The van der Waals surface area contributed by atoms with Crippen LogP contribution in [0.15, 0.2) is 65.1 Å². The van der Waals surface area contributed by atoms with E-state index < -0.39 is 51.0 Å². The van der Waals surface area contributed by atoms with Crippen molar-refractivity contribution in [2.45, 2.75) is 24.9 Å². The van der Waals surface area contributed by atoms with Gasteiger partial charge in [-0.05, 0) is 90.5 Å². The Morgan fingerprint density at radius 3 is 2.33 bits per heavy atom. The Bertz CT molecular complexity index is 1740. The highest BCUT2D eigenvalue weighted by Gasteiger charge is 2.39. The molecule has 1 aliphatic heterocycles. The molecule has 0 aliphatic carbocycles. The molecule has 15 heteroatoms. The zero-order valence-electron chi connectivity index (χ0n) is 21.6. The molecule has 0 radical (unpaired) electrons. The molecule has 1 aliphatic rings. The highest BCUT2D eigenvalue weighted by Crippen LogP contribution is 2.39. The van der Waals surface area contributed by atoms with Crippen LogP contribution in [0.4, 0.5) is 23.7 Å². The van der Waals surface area contributed by atoms with Crippen LogP contribution in [0.25, 0.3) is 6.08 Å². The molecule has 1 fully saturated rings. The molecule has 1 heterocycles.